The van der Waals surface area contributed by atoms with Crippen LogP contribution >= 0.6 is 0 Å². The number of aryl methyl sites for hydroxylation is 1. The lowest BCUT2D eigenvalue weighted by Gasteiger charge is -2.10. The van der Waals surface area contributed by atoms with Crippen LogP contribution in [-0.4, -0.2) is 27.0 Å². The standard InChI is InChI=1S/C21H18N4O5S2/c1-14-6-8-15(9-7-14)20-23-21(30-24-20)18-4-2-3-5-19(18)32(28,29)25-16-10-12-17(13-11-16)31(22,26)27/h2-13,25H,1H3,(H2,22,26,27). The molecule has 0 saturated carbocycles. The van der Waals surface area contributed by atoms with Crippen molar-refractivity contribution in [3.05, 3.63) is 78.4 Å². The van der Waals surface area contributed by atoms with E-state index in [1.165, 1.54) is 30.3 Å². The van der Waals surface area contributed by atoms with E-state index >= 15 is 0 Å². The quantitative estimate of drug-likeness (QED) is 0.440. The van der Waals surface area contributed by atoms with Gasteiger partial charge in [-0.25, -0.2) is 22.0 Å². The average molecular weight is 471 g/mol. The molecule has 0 atom stereocenters. The maximum atomic E-state index is 13.0. The minimum atomic E-state index is -4.06. The summed E-state index contributed by atoms with van der Waals surface area (Å²) in [6.45, 7) is 1.96. The molecule has 0 bridgehead atoms. The molecule has 3 N–H and O–H groups in total. The number of benzene rings is 3. The first-order chi connectivity index (χ1) is 15.1. The van der Waals surface area contributed by atoms with E-state index in [1.807, 2.05) is 31.2 Å². The zero-order valence-electron chi connectivity index (χ0n) is 16.8. The lowest BCUT2D eigenvalue weighted by atomic mass is 10.1. The van der Waals surface area contributed by atoms with Gasteiger partial charge in [0, 0.05) is 11.3 Å². The number of aromatic nitrogens is 2. The molecule has 32 heavy (non-hydrogen) atoms. The molecule has 0 unspecified atom stereocenters. The number of sulfonamides is 2. The summed E-state index contributed by atoms with van der Waals surface area (Å²) in [7, 11) is -7.95. The summed E-state index contributed by atoms with van der Waals surface area (Å²) in [4.78, 5) is 4.15. The Balaban J connectivity index is 1.67. The minimum Gasteiger partial charge on any atom is -0.334 e. The molecule has 0 amide bonds. The van der Waals surface area contributed by atoms with Gasteiger partial charge in [0.2, 0.25) is 15.8 Å². The summed E-state index contributed by atoms with van der Waals surface area (Å²) in [6, 6.07) is 18.8. The van der Waals surface area contributed by atoms with Crippen molar-refractivity contribution in [1.82, 2.24) is 10.1 Å². The molecule has 0 aliphatic heterocycles. The Morgan fingerprint density at radius 3 is 2.19 bits per heavy atom. The van der Waals surface area contributed by atoms with Gasteiger partial charge in [0.15, 0.2) is 0 Å². The fourth-order valence-corrected chi connectivity index (χ4v) is 4.73. The van der Waals surface area contributed by atoms with Gasteiger partial charge in [-0.1, -0.05) is 47.1 Å². The summed E-state index contributed by atoms with van der Waals surface area (Å²) >= 11 is 0. The highest BCUT2D eigenvalue weighted by Gasteiger charge is 2.23. The minimum absolute atomic E-state index is 0.0473. The third-order valence-corrected chi connectivity index (χ3v) is 6.95. The van der Waals surface area contributed by atoms with E-state index in [1.54, 1.807) is 18.2 Å². The Bertz CT molecular complexity index is 1480. The molecule has 0 radical (unpaired) electrons. The molecule has 164 valence electrons. The fraction of sp³-hybridized carbons (Fsp3) is 0.0476. The molecular formula is C21H18N4O5S2. The average Bonchev–Trinajstić information content (AvgIpc) is 3.24. The molecule has 0 aliphatic rings. The second-order valence-electron chi connectivity index (χ2n) is 6.96. The number of nitrogens with one attached hydrogen (secondary N) is 1. The van der Waals surface area contributed by atoms with Gasteiger partial charge in [-0.05, 0) is 43.3 Å². The van der Waals surface area contributed by atoms with Crippen molar-refractivity contribution in [2.75, 3.05) is 4.72 Å². The van der Waals surface area contributed by atoms with E-state index in [0.29, 0.717) is 5.82 Å². The molecule has 0 aliphatic carbocycles. The van der Waals surface area contributed by atoms with Crippen LogP contribution in [0, 0.1) is 6.92 Å². The number of rotatable bonds is 6. The zero-order chi connectivity index (χ0) is 22.9. The molecule has 0 fully saturated rings. The van der Waals surface area contributed by atoms with E-state index in [9.17, 15) is 16.8 Å². The van der Waals surface area contributed by atoms with E-state index < -0.39 is 20.0 Å². The number of primary sulfonamides is 1. The SMILES string of the molecule is Cc1ccc(-c2noc(-c3ccccc3S(=O)(=O)Nc3ccc(S(N)(=O)=O)cc3)n2)cc1. The Kier molecular flexibility index (Phi) is 5.55. The molecule has 1 heterocycles. The van der Waals surface area contributed by atoms with Crippen molar-refractivity contribution >= 4 is 25.7 Å². The third kappa shape index (κ3) is 4.54. The van der Waals surface area contributed by atoms with Gasteiger partial charge < -0.3 is 4.52 Å². The first kappa shape index (κ1) is 21.7. The molecular weight excluding hydrogens is 452 g/mol. The van der Waals surface area contributed by atoms with Crippen molar-refractivity contribution in [2.24, 2.45) is 5.14 Å². The van der Waals surface area contributed by atoms with Crippen LogP contribution in [0.15, 0.2) is 87.1 Å². The predicted octanol–water partition coefficient (Wildman–Crippen LogP) is 3.16. The van der Waals surface area contributed by atoms with Gasteiger partial charge in [0.1, 0.15) is 4.90 Å². The van der Waals surface area contributed by atoms with Gasteiger partial charge >= 0.3 is 0 Å². The van der Waals surface area contributed by atoms with E-state index in [-0.39, 0.29) is 26.9 Å². The third-order valence-electron chi connectivity index (χ3n) is 4.58. The molecule has 11 heteroatoms. The molecule has 0 spiro atoms. The number of nitrogens with two attached hydrogens (primary N) is 1. The zero-order valence-corrected chi connectivity index (χ0v) is 18.4. The first-order valence-corrected chi connectivity index (χ1v) is 12.3. The van der Waals surface area contributed by atoms with Crippen LogP contribution in [0.25, 0.3) is 22.8 Å². The highest BCUT2D eigenvalue weighted by molar-refractivity contribution is 7.92. The summed E-state index contributed by atoms with van der Waals surface area (Å²) in [5.41, 5.74) is 2.21. The predicted molar refractivity (Wildman–Crippen MR) is 119 cm³/mol. The van der Waals surface area contributed by atoms with Crippen molar-refractivity contribution in [1.29, 1.82) is 0 Å². The van der Waals surface area contributed by atoms with E-state index in [4.69, 9.17) is 9.66 Å². The summed E-state index contributed by atoms with van der Waals surface area (Å²) in [5.74, 6) is 0.380. The van der Waals surface area contributed by atoms with Crippen LogP contribution in [-0.2, 0) is 20.0 Å². The molecule has 3 aromatic carbocycles. The van der Waals surface area contributed by atoms with Crippen molar-refractivity contribution in [3.8, 4) is 22.8 Å². The van der Waals surface area contributed by atoms with Crippen molar-refractivity contribution in [3.63, 3.8) is 0 Å². The number of anilines is 1. The topological polar surface area (TPSA) is 145 Å². The Morgan fingerprint density at radius 1 is 0.875 bits per heavy atom. The van der Waals surface area contributed by atoms with E-state index in [0.717, 1.165) is 11.1 Å². The highest BCUT2D eigenvalue weighted by atomic mass is 32.2. The largest absolute Gasteiger partial charge is 0.334 e. The molecule has 0 saturated heterocycles. The van der Waals surface area contributed by atoms with E-state index in [2.05, 4.69) is 14.9 Å². The number of hydrogen-bond donors (Lipinski definition) is 2. The van der Waals surface area contributed by atoms with Gasteiger partial charge in [-0.2, -0.15) is 4.98 Å². The molecule has 9 nitrogen and oxygen atoms in total. The molecule has 1 aromatic heterocycles. The van der Waals surface area contributed by atoms with Crippen LogP contribution in [0.5, 0.6) is 0 Å². The summed E-state index contributed by atoms with van der Waals surface area (Å²) < 4.78 is 56.6. The second kappa shape index (κ2) is 8.19. The lowest BCUT2D eigenvalue weighted by Crippen LogP contribution is -2.15. The maximum Gasteiger partial charge on any atom is 0.262 e. The molecule has 4 rings (SSSR count). The smallest absolute Gasteiger partial charge is 0.262 e. The lowest BCUT2D eigenvalue weighted by molar-refractivity contribution is 0.431. The summed E-state index contributed by atoms with van der Waals surface area (Å²) in [6.07, 6.45) is 0. The highest BCUT2D eigenvalue weighted by Crippen LogP contribution is 2.29. The van der Waals surface area contributed by atoms with Crippen LogP contribution < -0.4 is 9.86 Å². The summed E-state index contributed by atoms with van der Waals surface area (Å²) in [5, 5.41) is 9.03. The monoisotopic (exact) mass is 470 g/mol. The Morgan fingerprint density at radius 2 is 1.53 bits per heavy atom. The van der Waals surface area contributed by atoms with Gasteiger partial charge in [0.05, 0.1) is 10.5 Å². The first-order valence-electron chi connectivity index (χ1n) is 9.29. The second-order valence-corrected chi connectivity index (χ2v) is 10.2. The Labute approximate surface area is 185 Å². The van der Waals surface area contributed by atoms with Gasteiger partial charge in [0.25, 0.3) is 15.9 Å². The van der Waals surface area contributed by atoms with Crippen LogP contribution in [0.1, 0.15) is 5.56 Å². The van der Waals surface area contributed by atoms with Gasteiger partial charge in [-0.15, -0.1) is 0 Å². The van der Waals surface area contributed by atoms with Crippen LogP contribution in [0.4, 0.5) is 5.69 Å². The Hall–Kier alpha value is -3.54. The van der Waals surface area contributed by atoms with Crippen molar-refractivity contribution in [2.45, 2.75) is 16.7 Å². The van der Waals surface area contributed by atoms with Crippen molar-refractivity contribution < 1.29 is 21.4 Å². The number of hydrogen-bond acceptors (Lipinski definition) is 7. The van der Waals surface area contributed by atoms with Gasteiger partial charge in [-0.3, -0.25) is 4.72 Å². The van der Waals surface area contributed by atoms with Crippen LogP contribution in [0.2, 0.25) is 0 Å². The molecule has 4 aromatic rings. The van der Waals surface area contributed by atoms with Crippen LogP contribution in [0.3, 0.4) is 0 Å². The fourth-order valence-electron chi connectivity index (χ4n) is 2.95. The number of nitrogens with zero attached hydrogens (tertiary/aromatic N) is 2. The normalized spacial score (nSPS) is 11.9. The maximum absolute atomic E-state index is 13.0.